The molecule has 0 saturated carbocycles. The second kappa shape index (κ2) is 11.4. The number of aryl methyl sites for hydroxylation is 2. The number of aliphatic hydroxyl groups is 1. The van der Waals surface area contributed by atoms with Gasteiger partial charge in [0.2, 0.25) is 0 Å². The van der Waals surface area contributed by atoms with E-state index in [4.69, 9.17) is 9.84 Å². The molecule has 0 spiro atoms. The minimum Gasteiger partial charge on any atom is -0.485 e. The molecule has 2 atom stereocenters. The van der Waals surface area contributed by atoms with E-state index in [1.54, 1.807) is 12.1 Å². The maximum atomic E-state index is 12.9. The van der Waals surface area contributed by atoms with Crippen molar-refractivity contribution in [2.45, 2.75) is 46.1 Å². The Morgan fingerprint density at radius 2 is 1.62 bits per heavy atom. The van der Waals surface area contributed by atoms with Crippen molar-refractivity contribution in [3.8, 4) is 16.9 Å². The van der Waals surface area contributed by atoms with Crippen LogP contribution in [0.2, 0.25) is 0 Å². The molecular formula is C27H28F3NO5S. The van der Waals surface area contributed by atoms with E-state index in [-0.39, 0.29) is 12.0 Å². The summed E-state index contributed by atoms with van der Waals surface area (Å²) in [5.41, 5.74) is 2.51. The Morgan fingerprint density at radius 3 is 2.14 bits per heavy atom. The van der Waals surface area contributed by atoms with Gasteiger partial charge in [0.1, 0.15) is 11.9 Å². The molecule has 6 nitrogen and oxygen atoms in total. The second-order valence-corrected chi connectivity index (χ2v) is 10.2. The maximum Gasteiger partial charge on any atom is 0.416 e. The Hall–Kier alpha value is -3.37. The average molecular weight is 536 g/mol. The van der Waals surface area contributed by atoms with Crippen LogP contribution in [0.4, 0.5) is 13.2 Å². The summed E-state index contributed by atoms with van der Waals surface area (Å²) in [5, 5.41) is 20.5. The summed E-state index contributed by atoms with van der Waals surface area (Å²) in [5.74, 6) is -1.28. The number of amides is 1. The summed E-state index contributed by atoms with van der Waals surface area (Å²) in [6, 6.07) is 12.1. The van der Waals surface area contributed by atoms with E-state index < -0.39 is 36.3 Å². The first kappa shape index (κ1) is 28.2. The Balaban J connectivity index is 1.80. The molecule has 0 unspecified atom stereocenters. The van der Waals surface area contributed by atoms with Crippen molar-refractivity contribution < 1.29 is 37.7 Å². The van der Waals surface area contributed by atoms with Gasteiger partial charge in [0.15, 0.2) is 6.10 Å². The summed E-state index contributed by atoms with van der Waals surface area (Å²) in [6.07, 6.45) is -6.46. The fraction of sp³-hybridized carbons (Fsp3) is 0.333. The molecule has 10 heteroatoms. The number of carbonyl (C=O) groups excluding carboxylic acids is 1. The van der Waals surface area contributed by atoms with E-state index >= 15 is 0 Å². The van der Waals surface area contributed by atoms with E-state index in [0.29, 0.717) is 16.2 Å². The van der Waals surface area contributed by atoms with Crippen molar-refractivity contribution in [3.05, 3.63) is 75.0 Å². The number of carboxylic acids is 1. The quantitative estimate of drug-likeness (QED) is 0.312. The van der Waals surface area contributed by atoms with Gasteiger partial charge in [0.05, 0.1) is 17.0 Å². The van der Waals surface area contributed by atoms with Gasteiger partial charge < -0.3 is 20.3 Å². The summed E-state index contributed by atoms with van der Waals surface area (Å²) in [4.78, 5) is 24.2. The highest BCUT2D eigenvalue weighted by molar-refractivity contribution is 7.14. The molecule has 0 saturated heterocycles. The molecular weight excluding hydrogens is 507 g/mol. The summed E-state index contributed by atoms with van der Waals surface area (Å²) < 4.78 is 45.1. The number of nitrogens with one attached hydrogen (secondary N) is 1. The molecule has 0 radical (unpaired) electrons. The fourth-order valence-electron chi connectivity index (χ4n) is 3.93. The van der Waals surface area contributed by atoms with Crippen LogP contribution in [0.3, 0.4) is 0 Å². The van der Waals surface area contributed by atoms with Gasteiger partial charge in [-0.3, -0.25) is 4.79 Å². The smallest absolute Gasteiger partial charge is 0.416 e. The van der Waals surface area contributed by atoms with Gasteiger partial charge in [0.25, 0.3) is 5.91 Å². The highest BCUT2D eigenvalue weighted by Crippen LogP contribution is 2.37. The Morgan fingerprint density at radius 1 is 1.03 bits per heavy atom. The van der Waals surface area contributed by atoms with Crippen LogP contribution in [0.1, 0.15) is 51.2 Å². The van der Waals surface area contributed by atoms with Crippen LogP contribution >= 0.6 is 11.3 Å². The van der Waals surface area contributed by atoms with E-state index in [0.717, 1.165) is 33.7 Å². The number of rotatable bonds is 9. The van der Waals surface area contributed by atoms with Crippen LogP contribution in [0.15, 0.2) is 48.5 Å². The largest absolute Gasteiger partial charge is 0.485 e. The molecule has 0 aliphatic rings. The lowest BCUT2D eigenvalue weighted by molar-refractivity contribution is -0.146. The molecule has 1 heterocycles. The number of hydrogen-bond donors (Lipinski definition) is 3. The highest BCUT2D eigenvalue weighted by Gasteiger charge is 2.30. The first-order chi connectivity index (χ1) is 17.3. The van der Waals surface area contributed by atoms with Crippen LogP contribution in [-0.2, 0) is 11.0 Å². The molecule has 37 heavy (non-hydrogen) atoms. The van der Waals surface area contributed by atoms with Crippen molar-refractivity contribution in [2.24, 2.45) is 5.92 Å². The third-order valence-corrected chi connectivity index (χ3v) is 6.89. The molecule has 0 aliphatic carbocycles. The van der Waals surface area contributed by atoms with Crippen molar-refractivity contribution in [1.29, 1.82) is 0 Å². The summed E-state index contributed by atoms with van der Waals surface area (Å²) >= 11 is 1.21. The zero-order valence-corrected chi connectivity index (χ0v) is 21.5. The van der Waals surface area contributed by atoms with Gasteiger partial charge in [-0.2, -0.15) is 13.2 Å². The van der Waals surface area contributed by atoms with Crippen LogP contribution in [-0.4, -0.2) is 34.7 Å². The molecule has 3 N–H and O–H groups in total. The Labute approximate surface area is 216 Å². The predicted molar refractivity (Wildman–Crippen MR) is 135 cm³/mol. The molecule has 1 aromatic heterocycles. The fourth-order valence-corrected chi connectivity index (χ4v) is 5.06. The second-order valence-electron chi connectivity index (χ2n) is 9.06. The van der Waals surface area contributed by atoms with Gasteiger partial charge in [-0.25, -0.2) is 4.79 Å². The lowest BCUT2D eigenvalue weighted by atomic mass is 9.94. The van der Waals surface area contributed by atoms with Gasteiger partial charge in [0, 0.05) is 4.88 Å². The van der Waals surface area contributed by atoms with Crippen LogP contribution in [0.5, 0.6) is 5.75 Å². The lowest BCUT2D eigenvalue weighted by Gasteiger charge is -2.23. The van der Waals surface area contributed by atoms with E-state index in [1.807, 2.05) is 39.8 Å². The number of ether oxygens (including phenoxy) is 1. The highest BCUT2D eigenvalue weighted by atomic mass is 32.1. The van der Waals surface area contributed by atoms with Crippen LogP contribution < -0.4 is 10.1 Å². The first-order valence-electron chi connectivity index (χ1n) is 11.5. The number of hydrogen-bond acceptors (Lipinski definition) is 5. The number of thiophene rings is 1. The number of halogens is 3. The number of aliphatic hydroxyl groups excluding tert-OH is 1. The van der Waals surface area contributed by atoms with Crippen LogP contribution in [0, 0.1) is 19.8 Å². The minimum absolute atomic E-state index is 0.0404. The molecule has 0 bridgehead atoms. The number of carboxylic acid groups (broad SMARTS) is 1. The third kappa shape index (κ3) is 6.90. The molecule has 3 rings (SSSR count). The first-order valence-corrected chi connectivity index (χ1v) is 12.3. The average Bonchev–Trinajstić information content (AvgIpc) is 3.30. The number of aliphatic carboxylic acids is 1. The van der Waals surface area contributed by atoms with Gasteiger partial charge >= 0.3 is 12.1 Å². The lowest BCUT2D eigenvalue weighted by Crippen LogP contribution is -2.36. The van der Waals surface area contributed by atoms with E-state index in [1.165, 1.54) is 23.5 Å². The zero-order chi connectivity index (χ0) is 27.5. The van der Waals surface area contributed by atoms with Gasteiger partial charge in [-0.05, 0) is 78.4 Å². The van der Waals surface area contributed by atoms with Gasteiger partial charge in [-0.15, -0.1) is 11.3 Å². The molecule has 3 aromatic rings. The van der Waals surface area contributed by atoms with Crippen molar-refractivity contribution in [3.63, 3.8) is 0 Å². The minimum atomic E-state index is -4.39. The van der Waals surface area contributed by atoms with Crippen LogP contribution in [0.25, 0.3) is 11.1 Å². The summed E-state index contributed by atoms with van der Waals surface area (Å²) in [7, 11) is 0. The molecule has 2 aromatic carbocycles. The monoisotopic (exact) mass is 535 g/mol. The molecule has 198 valence electrons. The molecule has 0 fully saturated rings. The summed E-state index contributed by atoms with van der Waals surface area (Å²) in [6.45, 7) is 7.29. The van der Waals surface area contributed by atoms with Crippen molar-refractivity contribution in [1.82, 2.24) is 5.32 Å². The predicted octanol–water partition coefficient (Wildman–Crippen LogP) is 6.00. The van der Waals surface area contributed by atoms with Crippen molar-refractivity contribution in [2.75, 3.05) is 6.54 Å². The molecule has 0 aliphatic heterocycles. The van der Waals surface area contributed by atoms with E-state index in [9.17, 15) is 27.9 Å². The third-order valence-electron chi connectivity index (χ3n) is 5.75. The number of benzene rings is 2. The SMILES string of the molecule is Cc1cc(O[C@@H](c2ccc(C(=O)NC[C@H](O)C(=O)O)s2)C(C)C)cc(C)c1-c1ccc(C(F)(F)F)cc1. The normalized spacial score (nSPS) is 13.3. The zero-order valence-electron chi connectivity index (χ0n) is 20.7. The maximum absolute atomic E-state index is 12.9. The number of alkyl halides is 3. The van der Waals surface area contributed by atoms with Crippen molar-refractivity contribution >= 4 is 23.2 Å². The van der Waals surface area contributed by atoms with E-state index in [2.05, 4.69) is 5.32 Å². The Kier molecular flexibility index (Phi) is 8.65. The molecule has 1 amide bonds. The Bertz CT molecular complexity index is 1240. The standard InChI is InChI=1S/C27H28F3NO5S/c1-14(2)24(21-9-10-22(37-21)25(33)31-13-20(32)26(34)35)36-19-11-15(3)23(16(4)12-19)17-5-7-18(8-6-17)27(28,29)30/h5-12,14,20,24,32H,13H2,1-4H3,(H,31,33)(H,34,35)/t20-,24+/m0/s1. The number of carbonyl (C=O) groups is 2. The van der Waals surface area contributed by atoms with Gasteiger partial charge in [-0.1, -0.05) is 26.0 Å². The topological polar surface area (TPSA) is 95.9 Å².